The summed E-state index contributed by atoms with van der Waals surface area (Å²) in [5.74, 6) is 0. The van der Waals surface area contributed by atoms with E-state index in [1.807, 2.05) is 18.5 Å². The number of aromatic nitrogens is 1. The van der Waals surface area contributed by atoms with E-state index >= 15 is 0 Å². The molecular weight excluding hydrogens is 284 g/mol. The Balaban J connectivity index is 1.55. The highest BCUT2D eigenvalue weighted by Crippen LogP contribution is 2.30. The van der Waals surface area contributed by atoms with Crippen molar-refractivity contribution in [1.29, 1.82) is 0 Å². The van der Waals surface area contributed by atoms with Crippen LogP contribution in [0.3, 0.4) is 0 Å². The summed E-state index contributed by atoms with van der Waals surface area (Å²) < 4.78 is 15.7. The van der Waals surface area contributed by atoms with E-state index in [0.717, 1.165) is 13.1 Å². The lowest BCUT2D eigenvalue weighted by molar-refractivity contribution is -0.0374. The highest BCUT2D eigenvalue weighted by molar-refractivity contribution is 5.15. The molecule has 1 N–H and O–H groups in total. The minimum Gasteiger partial charge on any atom is -0.378 e. The van der Waals surface area contributed by atoms with Crippen LogP contribution < -0.4 is 0 Å². The van der Waals surface area contributed by atoms with E-state index in [2.05, 4.69) is 16.0 Å². The average molecular weight is 310 g/mol. The fraction of sp³-hybridized carbons (Fsp3) is 0.688. The molecule has 1 aromatic rings. The molecule has 0 bridgehead atoms. The van der Waals surface area contributed by atoms with Crippen LogP contribution in [0.1, 0.15) is 24.4 Å². The van der Waals surface area contributed by atoms with Crippen LogP contribution in [-0.4, -0.2) is 67.9 Å². The Morgan fingerprint density at radius 3 is 2.64 bits per heavy atom. The third-order valence-corrected chi connectivity index (χ3v) is 3.79. The summed E-state index contributed by atoms with van der Waals surface area (Å²) in [5.41, 5.74) is 1.30. The quantitative estimate of drug-likeness (QED) is 0.490. The zero-order valence-electron chi connectivity index (χ0n) is 13.0. The minimum absolute atomic E-state index is 0.256. The predicted molar refractivity (Wildman–Crippen MR) is 82.5 cm³/mol. The first-order valence-corrected chi connectivity index (χ1v) is 7.90. The molecule has 0 spiro atoms. The van der Waals surface area contributed by atoms with Gasteiger partial charge in [0.15, 0.2) is 0 Å². The van der Waals surface area contributed by atoms with Gasteiger partial charge in [0.25, 0.3) is 0 Å². The summed E-state index contributed by atoms with van der Waals surface area (Å²) in [6.07, 6.45) is 6.21. The van der Waals surface area contributed by atoms with Gasteiger partial charge in [0, 0.05) is 25.0 Å². The van der Waals surface area contributed by atoms with Crippen molar-refractivity contribution in [2.45, 2.75) is 18.9 Å². The van der Waals surface area contributed by atoms with E-state index in [0.29, 0.717) is 39.1 Å². The number of pyridine rings is 1. The van der Waals surface area contributed by atoms with Crippen LogP contribution in [0.25, 0.3) is 0 Å². The van der Waals surface area contributed by atoms with Crippen LogP contribution >= 0.6 is 0 Å². The lowest BCUT2D eigenvalue weighted by Crippen LogP contribution is -2.27. The van der Waals surface area contributed by atoms with Crippen molar-refractivity contribution in [2.75, 3.05) is 52.9 Å². The molecule has 1 aromatic heterocycles. The Bertz CT molecular complexity index is 391. The number of ether oxygens (including phenoxy) is 3. The van der Waals surface area contributed by atoms with Gasteiger partial charge in [-0.15, -0.1) is 0 Å². The van der Waals surface area contributed by atoms with Gasteiger partial charge in [-0.25, -0.2) is 0 Å². The number of hydrogen-bond donors (Lipinski definition) is 1. The highest BCUT2D eigenvalue weighted by atomic mass is 16.6. The molecule has 1 aliphatic heterocycles. The molecule has 0 aromatic carbocycles. The van der Waals surface area contributed by atoms with Crippen molar-refractivity contribution >= 4 is 0 Å². The Labute approximate surface area is 132 Å². The number of aliphatic hydroxyl groups is 1. The lowest BCUT2D eigenvalue weighted by atomic mass is 10.1. The van der Waals surface area contributed by atoms with Gasteiger partial charge in [-0.05, 0) is 31.0 Å². The van der Waals surface area contributed by atoms with Crippen molar-refractivity contribution in [3.8, 4) is 0 Å². The minimum atomic E-state index is -0.256. The van der Waals surface area contributed by atoms with Crippen LogP contribution in [-0.2, 0) is 14.2 Å². The molecule has 6 nitrogen and oxygen atoms in total. The van der Waals surface area contributed by atoms with E-state index in [4.69, 9.17) is 19.3 Å². The molecule has 2 rings (SSSR count). The molecule has 0 radical (unpaired) electrons. The van der Waals surface area contributed by atoms with Gasteiger partial charge in [0.05, 0.1) is 33.0 Å². The number of rotatable bonds is 11. The van der Waals surface area contributed by atoms with Crippen LogP contribution in [0.4, 0.5) is 0 Å². The molecular formula is C16H26N2O4. The zero-order valence-corrected chi connectivity index (χ0v) is 13.0. The topological polar surface area (TPSA) is 64.1 Å². The number of nitrogens with zero attached hydrogens (tertiary/aromatic N) is 2. The van der Waals surface area contributed by atoms with Crippen molar-refractivity contribution < 1.29 is 19.3 Å². The molecule has 1 saturated heterocycles. The SMILES string of the molecule is OCOCCOCCOCCN1CCCC1c1cccnc1. The number of likely N-dealkylation sites (tertiary alicyclic amines) is 1. The third-order valence-electron chi connectivity index (χ3n) is 3.79. The van der Waals surface area contributed by atoms with Gasteiger partial charge in [-0.3, -0.25) is 9.88 Å². The maximum atomic E-state index is 8.44. The van der Waals surface area contributed by atoms with E-state index in [1.54, 1.807) is 0 Å². The maximum absolute atomic E-state index is 8.44. The first-order chi connectivity index (χ1) is 10.9. The van der Waals surface area contributed by atoms with Crippen molar-refractivity contribution in [3.05, 3.63) is 30.1 Å². The Morgan fingerprint density at radius 1 is 1.14 bits per heavy atom. The highest BCUT2D eigenvalue weighted by Gasteiger charge is 2.25. The zero-order chi connectivity index (χ0) is 15.5. The summed E-state index contributed by atoms with van der Waals surface area (Å²) >= 11 is 0. The van der Waals surface area contributed by atoms with Gasteiger partial charge in [0.1, 0.15) is 6.79 Å². The number of aliphatic hydroxyl groups excluding tert-OH is 1. The second-order valence-corrected chi connectivity index (χ2v) is 5.24. The first kappa shape index (κ1) is 17.3. The summed E-state index contributed by atoms with van der Waals surface area (Å²) in [7, 11) is 0. The standard InChI is InChI=1S/C16H26N2O4/c19-14-22-12-11-21-10-9-20-8-7-18-6-2-4-16(18)15-3-1-5-17-13-15/h1,3,5,13,16,19H,2,4,6-12,14H2. The van der Waals surface area contributed by atoms with Crippen molar-refractivity contribution in [3.63, 3.8) is 0 Å². The summed E-state index contributed by atoms with van der Waals surface area (Å²) in [6.45, 7) is 4.56. The molecule has 22 heavy (non-hydrogen) atoms. The molecule has 1 fully saturated rings. The monoisotopic (exact) mass is 310 g/mol. The number of hydrogen-bond acceptors (Lipinski definition) is 6. The molecule has 1 atom stereocenters. The molecule has 1 aliphatic rings. The Morgan fingerprint density at radius 2 is 1.91 bits per heavy atom. The molecule has 2 heterocycles. The van der Waals surface area contributed by atoms with E-state index < -0.39 is 0 Å². The van der Waals surface area contributed by atoms with Crippen molar-refractivity contribution in [2.24, 2.45) is 0 Å². The summed E-state index contributed by atoms with van der Waals surface area (Å²) in [4.78, 5) is 6.68. The second kappa shape index (κ2) is 10.6. The third kappa shape index (κ3) is 5.98. The smallest absolute Gasteiger partial charge is 0.143 e. The van der Waals surface area contributed by atoms with Crippen LogP contribution in [0.2, 0.25) is 0 Å². The van der Waals surface area contributed by atoms with Crippen molar-refractivity contribution in [1.82, 2.24) is 9.88 Å². The van der Waals surface area contributed by atoms with Crippen LogP contribution in [0.15, 0.2) is 24.5 Å². The van der Waals surface area contributed by atoms with E-state index in [9.17, 15) is 0 Å². The van der Waals surface area contributed by atoms with Gasteiger partial charge < -0.3 is 19.3 Å². The van der Waals surface area contributed by atoms with Gasteiger partial charge in [-0.1, -0.05) is 6.07 Å². The van der Waals surface area contributed by atoms with Gasteiger partial charge in [0.2, 0.25) is 0 Å². The normalized spacial score (nSPS) is 18.9. The fourth-order valence-corrected chi connectivity index (χ4v) is 2.73. The van der Waals surface area contributed by atoms with Gasteiger partial charge in [-0.2, -0.15) is 0 Å². The Hall–Kier alpha value is -1.05. The largest absolute Gasteiger partial charge is 0.378 e. The molecule has 0 amide bonds. The summed E-state index contributed by atoms with van der Waals surface area (Å²) in [6, 6.07) is 4.63. The van der Waals surface area contributed by atoms with Gasteiger partial charge >= 0.3 is 0 Å². The average Bonchev–Trinajstić information content (AvgIpc) is 3.02. The summed E-state index contributed by atoms with van der Waals surface area (Å²) in [5, 5.41) is 8.44. The molecule has 124 valence electrons. The van der Waals surface area contributed by atoms with E-state index in [-0.39, 0.29) is 6.79 Å². The maximum Gasteiger partial charge on any atom is 0.143 e. The predicted octanol–water partition coefficient (Wildman–Crippen LogP) is 1.22. The first-order valence-electron chi connectivity index (χ1n) is 7.90. The van der Waals surface area contributed by atoms with E-state index in [1.165, 1.54) is 18.4 Å². The Kier molecular flexibility index (Phi) is 8.37. The fourth-order valence-electron chi connectivity index (χ4n) is 2.73. The molecule has 0 aliphatic carbocycles. The van der Waals surface area contributed by atoms with Crippen LogP contribution in [0.5, 0.6) is 0 Å². The molecule has 6 heteroatoms. The second-order valence-electron chi connectivity index (χ2n) is 5.24. The van der Waals surface area contributed by atoms with Crippen LogP contribution in [0, 0.1) is 0 Å². The lowest BCUT2D eigenvalue weighted by Gasteiger charge is -2.24. The molecule has 0 saturated carbocycles. The molecule has 1 unspecified atom stereocenters.